The monoisotopic (exact) mass is 415 g/mol. The molecule has 0 spiro atoms. The Morgan fingerprint density at radius 3 is 2.38 bits per heavy atom. The van der Waals surface area contributed by atoms with Gasteiger partial charge in [-0.25, -0.2) is 8.42 Å². The second-order valence-corrected chi connectivity index (χ2v) is 9.17. The minimum Gasteiger partial charge on any atom is -0.340 e. The van der Waals surface area contributed by atoms with Crippen LogP contribution >= 0.6 is 0 Å². The number of likely N-dealkylation sites (N-methyl/N-ethyl adjacent to an activating group) is 1. The second-order valence-electron chi connectivity index (χ2n) is 7.31. The number of carbonyl (C=O) groups excluding carboxylic acids is 1. The highest BCUT2D eigenvalue weighted by Crippen LogP contribution is 2.24. The molecule has 0 N–H and O–H groups in total. The molecule has 0 radical (unpaired) electrons. The highest BCUT2D eigenvalue weighted by atomic mass is 32.2. The maximum Gasteiger partial charge on any atom is 0.264 e. The summed E-state index contributed by atoms with van der Waals surface area (Å²) in [5.74, 6) is -0.163. The smallest absolute Gasteiger partial charge is 0.264 e. The molecule has 1 heterocycles. The third-order valence-electron chi connectivity index (χ3n) is 5.30. The van der Waals surface area contributed by atoms with Gasteiger partial charge in [-0.3, -0.25) is 9.10 Å². The van der Waals surface area contributed by atoms with Gasteiger partial charge in [0.1, 0.15) is 0 Å². The van der Waals surface area contributed by atoms with E-state index in [0.29, 0.717) is 24.3 Å². The van der Waals surface area contributed by atoms with Crippen molar-refractivity contribution < 1.29 is 13.2 Å². The van der Waals surface area contributed by atoms with Crippen LogP contribution in [0.1, 0.15) is 30.1 Å². The fourth-order valence-electron chi connectivity index (χ4n) is 3.62. The molecule has 1 aliphatic heterocycles. The zero-order chi connectivity index (χ0) is 20.9. The molecule has 0 atom stereocenters. The first-order valence-corrected chi connectivity index (χ1v) is 11.5. The molecule has 29 heavy (non-hydrogen) atoms. The van der Waals surface area contributed by atoms with Crippen LogP contribution in [0.2, 0.25) is 0 Å². The number of carbonyl (C=O) groups is 1. The molecular formula is C22H29N3O3S. The van der Waals surface area contributed by atoms with Crippen molar-refractivity contribution in [1.82, 2.24) is 9.80 Å². The molecule has 6 nitrogen and oxygen atoms in total. The molecule has 2 aromatic carbocycles. The summed E-state index contributed by atoms with van der Waals surface area (Å²) in [5, 5.41) is 0. The van der Waals surface area contributed by atoms with E-state index in [9.17, 15) is 13.2 Å². The van der Waals surface area contributed by atoms with E-state index >= 15 is 0 Å². The number of rotatable bonds is 8. The molecule has 1 fully saturated rings. The lowest BCUT2D eigenvalue weighted by molar-refractivity contribution is 0.0782. The average molecular weight is 416 g/mol. The molecule has 0 saturated carbocycles. The molecule has 2 aromatic rings. The maximum atomic E-state index is 13.2. The molecule has 1 saturated heterocycles. The Kier molecular flexibility index (Phi) is 6.92. The number of hydrogen-bond acceptors (Lipinski definition) is 4. The van der Waals surface area contributed by atoms with Gasteiger partial charge in [0.2, 0.25) is 0 Å². The number of hydrogen-bond donors (Lipinski definition) is 0. The van der Waals surface area contributed by atoms with Crippen molar-refractivity contribution in [3.63, 3.8) is 0 Å². The molecule has 0 aromatic heterocycles. The summed E-state index contributed by atoms with van der Waals surface area (Å²) < 4.78 is 27.8. The first-order chi connectivity index (χ1) is 13.9. The van der Waals surface area contributed by atoms with Gasteiger partial charge in [0.05, 0.1) is 10.6 Å². The van der Waals surface area contributed by atoms with Crippen molar-refractivity contribution in [3.05, 3.63) is 60.2 Å². The quantitative estimate of drug-likeness (QED) is 0.665. The third kappa shape index (κ3) is 4.97. The van der Waals surface area contributed by atoms with Crippen molar-refractivity contribution >= 4 is 21.6 Å². The van der Waals surface area contributed by atoms with Crippen molar-refractivity contribution in [2.24, 2.45) is 0 Å². The molecule has 3 rings (SSSR count). The van der Waals surface area contributed by atoms with E-state index in [1.165, 1.54) is 23.2 Å². The van der Waals surface area contributed by atoms with Crippen LogP contribution in [0, 0.1) is 0 Å². The predicted octanol–water partition coefficient (Wildman–Crippen LogP) is 3.07. The Morgan fingerprint density at radius 1 is 1.03 bits per heavy atom. The number of benzene rings is 2. The fraction of sp³-hybridized carbons (Fsp3) is 0.409. The Labute approximate surface area is 173 Å². The zero-order valence-electron chi connectivity index (χ0n) is 17.1. The van der Waals surface area contributed by atoms with Gasteiger partial charge in [0, 0.05) is 32.2 Å². The van der Waals surface area contributed by atoms with Crippen LogP contribution in [0.5, 0.6) is 0 Å². The lowest BCUT2D eigenvalue weighted by Crippen LogP contribution is -2.35. The van der Waals surface area contributed by atoms with Gasteiger partial charge < -0.3 is 9.80 Å². The predicted molar refractivity (Wildman–Crippen MR) is 116 cm³/mol. The SMILES string of the molecule is CCN(c1ccccc1)S(=O)(=O)c1cccc(C(=O)N(C)CCN2CCCC2)c1. The molecule has 1 aliphatic rings. The number of likely N-dealkylation sites (tertiary alicyclic amines) is 1. The lowest BCUT2D eigenvalue weighted by atomic mass is 10.2. The van der Waals surface area contributed by atoms with Crippen LogP contribution in [0.15, 0.2) is 59.5 Å². The van der Waals surface area contributed by atoms with Crippen molar-refractivity contribution in [3.8, 4) is 0 Å². The van der Waals surface area contributed by atoms with E-state index in [2.05, 4.69) is 4.90 Å². The Morgan fingerprint density at radius 2 is 1.72 bits per heavy atom. The molecule has 0 aliphatic carbocycles. The number of para-hydroxylation sites is 1. The first-order valence-electron chi connectivity index (χ1n) is 10.1. The third-order valence-corrected chi connectivity index (χ3v) is 7.20. The number of sulfonamides is 1. The van der Waals surface area contributed by atoms with Crippen LogP contribution < -0.4 is 4.31 Å². The minimum absolute atomic E-state index is 0.127. The van der Waals surface area contributed by atoms with Gasteiger partial charge in [-0.2, -0.15) is 0 Å². The Balaban J connectivity index is 1.77. The van der Waals surface area contributed by atoms with Gasteiger partial charge in [0.25, 0.3) is 15.9 Å². The van der Waals surface area contributed by atoms with Gasteiger partial charge in [-0.1, -0.05) is 24.3 Å². The largest absolute Gasteiger partial charge is 0.340 e. The number of nitrogens with zero attached hydrogens (tertiary/aromatic N) is 3. The van der Waals surface area contributed by atoms with E-state index in [0.717, 1.165) is 19.6 Å². The molecule has 0 unspecified atom stereocenters. The van der Waals surface area contributed by atoms with E-state index in [1.807, 2.05) is 18.2 Å². The van der Waals surface area contributed by atoms with Crippen molar-refractivity contribution in [1.29, 1.82) is 0 Å². The minimum atomic E-state index is -3.76. The van der Waals surface area contributed by atoms with Crippen molar-refractivity contribution in [2.75, 3.05) is 44.1 Å². The van der Waals surface area contributed by atoms with Crippen LogP contribution in [-0.2, 0) is 10.0 Å². The molecular weight excluding hydrogens is 386 g/mol. The van der Waals surface area contributed by atoms with E-state index in [4.69, 9.17) is 0 Å². The summed E-state index contributed by atoms with van der Waals surface area (Å²) in [6.45, 7) is 5.74. The van der Waals surface area contributed by atoms with Crippen LogP contribution in [0.4, 0.5) is 5.69 Å². The molecule has 0 bridgehead atoms. The summed E-state index contributed by atoms with van der Waals surface area (Å²) in [6.07, 6.45) is 2.43. The Hall–Kier alpha value is -2.38. The number of amides is 1. The maximum absolute atomic E-state index is 13.2. The average Bonchev–Trinajstić information content (AvgIpc) is 3.26. The van der Waals surface area contributed by atoms with Gasteiger partial charge in [0.15, 0.2) is 0 Å². The van der Waals surface area contributed by atoms with Gasteiger partial charge >= 0.3 is 0 Å². The summed E-state index contributed by atoms with van der Waals surface area (Å²) >= 11 is 0. The summed E-state index contributed by atoms with van der Waals surface area (Å²) in [5.41, 5.74) is 0.994. The topological polar surface area (TPSA) is 60.9 Å². The van der Waals surface area contributed by atoms with Gasteiger partial charge in [-0.15, -0.1) is 0 Å². The molecule has 156 valence electrons. The summed E-state index contributed by atoms with van der Waals surface area (Å²) in [4.78, 5) is 17.0. The zero-order valence-corrected chi connectivity index (χ0v) is 17.9. The Bertz CT molecular complexity index is 925. The van der Waals surface area contributed by atoms with Crippen LogP contribution in [0.3, 0.4) is 0 Å². The normalized spacial score (nSPS) is 14.7. The molecule has 1 amide bonds. The van der Waals surface area contributed by atoms with E-state index in [-0.39, 0.29) is 10.8 Å². The standard InChI is InChI=1S/C22H29N3O3S/c1-3-25(20-11-5-4-6-12-20)29(27,28)21-13-9-10-19(18-21)22(26)23(2)16-17-24-14-7-8-15-24/h4-6,9-13,18H,3,7-8,14-17H2,1-2H3. The van der Waals surface area contributed by atoms with E-state index < -0.39 is 10.0 Å². The van der Waals surface area contributed by atoms with Crippen LogP contribution in [0.25, 0.3) is 0 Å². The second kappa shape index (κ2) is 9.41. The van der Waals surface area contributed by atoms with Crippen LogP contribution in [-0.4, -0.2) is 63.9 Å². The van der Waals surface area contributed by atoms with Crippen molar-refractivity contribution in [2.45, 2.75) is 24.7 Å². The lowest BCUT2D eigenvalue weighted by Gasteiger charge is -2.24. The summed E-state index contributed by atoms with van der Waals surface area (Å²) in [7, 11) is -1.99. The summed E-state index contributed by atoms with van der Waals surface area (Å²) in [6, 6.07) is 15.3. The fourth-order valence-corrected chi connectivity index (χ4v) is 5.14. The highest BCUT2D eigenvalue weighted by Gasteiger charge is 2.25. The number of anilines is 1. The van der Waals surface area contributed by atoms with Gasteiger partial charge in [-0.05, 0) is 63.2 Å². The molecule has 7 heteroatoms. The first kappa shape index (κ1) is 21.3. The van der Waals surface area contributed by atoms with E-state index in [1.54, 1.807) is 49.2 Å². The highest BCUT2D eigenvalue weighted by molar-refractivity contribution is 7.92.